The van der Waals surface area contributed by atoms with Gasteiger partial charge >= 0.3 is 26.8 Å². The molecule has 0 N–H and O–H groups in total. The zero-order chi connectivity index (χ0) is 19.4. The maximum absolute atomic E-state index is 2.97. The first-order chi connectivity index (χ1) is 12.3. The van der Waals surface area contributed by atoms with Crippen LogP contribution in [0.2, 0.25) is 0 Å². The van der Waals surface area contributed by atoms with Crippen LogP contribution in [0.15, 0.2) is 48.5 Å². The van der Waals surface area contributed by atoms with Crippen LogP contribution in [0.4, 0.5) is 0 Å². The van der Waals surface area contributed by atoms with Crippen LogP contribution in [0.1, 0.15) is 33.4 Å². The van der Waals surface area contributed by atoms with E-state index in [0.717, 1.165) is 0 Å². The van der Waals surface area contributed by atoms with E-state index >= 15 is 0 Å². The van der Waals surface area contributed by atoms with Crippen molar-refractivity contribution in [2.24, 2.45) is 0 Å². The molecule has 4 heteroatoms. The molecule has 0 heterocycles. The van der Waals surface area contributed by atoms with Crippen LogP contribution in [0.25, 0.3) is 21.5 Å². The predicted molar refractivity (Wildman–Crippen MR) is 141 cm³/mol. The Morgan fingerprint density at radius 1 is 0.533 bits per heavy atom. The van der Waals surface area contributed by atoms with Gasteiger partial charge in [0.15, 0.2) is 0 Å². The van der Waals surface area contributed by atoms with Crippen LogP contribution in [-0.4, -0.2) is 7.63 Å². The second kappa shape index (κ2) is 15.1. The summed E-state index contributed by atoms with van der Waals surface area (Å²) in [6.07, 6.45) is 0. The molecular weight excluding hydrogens is 459 g/mol. The third-order valence-corrected chi connectivity index (χ3v) is 4.93. The van der Waals surface area contributed by atoms with E-state index in [1.165, 1.54) is 54.9 Å². The molecule has 0 amide bonds. The van der Waals surface area contributed by atoms with E-state index in [1.54, 1.807) is 19.2 Å². The number of hydrogen-bond acceptors (Lipinski definition) is 0. The van der Waals surface area contributed by atoms with Crippen molar-refractivity contribution in [1.82, 2.24) is 0 Å². The van der Waals surface area contributed by atoms with Gasteiger partial charge in [0.2, 0.25) is 0 Å². The molecule has 0 atom stereocenters. The third-order valence-electron chi connectivity index (χ3n) is 4.93. The van der Waals surface area contributed by atoms with Crippen molar-refractivity contribution in [2.75, 3.05) is 0 Å². The minimum absolute atomic E-state index is 0. The molecule has 0 aliphatic heterocycles. The molecule has 0 spiro atoms. The molecule has 0 unspecified atom stereocenters. The Bertz CT molecular complexity index is 882. The van der Waals surface area contributed by atoms with Crippen LogP contribution in [0.3, 0.4) is 0 Å². The molecule has 0 aromatic heterocycles. The normalized spacial score (nSPS) is 8.83. The molecule has 30 heavy (non-hydrogen) atoms. The molecule has 4 rings (SSSR count). The molecule has 164 valence electrons. The Kier molecular flexibility index (Phi) is 17.0. The first-order valence-corrected chi connectivity index (χ1v) is 11.7. The summed E-state index contributed by atoms with van der Waals surface area (Å²) in [4.78, 5) is 0. The molecule has 0 nitrogen and oxygen atoms in total. The average molecular weight is 493 g/mol. The van der Waals surface area contributed by atoms with Gasteiger partial charge in [0.05, 0.1) is 0 Å². The van der Waals surface area contributed by atoms with Gasteiger partial charge in [-0.15, -0.1) is 93.9 Å². The van der Waals surface area contributed by atoms with Gasteiger partial charge in [0, 0.05) is 0 Å². The fraction of sp³-hybridized carbons (Fsp3) is 0.231. The van der Waals surface area contributed by atoms with E-state index in [-0.39, 0.29) is 39.7 Å². The summed E-state index contributed by atoms with van der Waals surface area (Å²) < 4.78 is 0. The molecular formula is C26H34Cl2SiTi-4. The zero-order valence-corrected chi connectivity index (χ0v) is 23.6. The topological polar surface area (TPSA) is 0 Å². The molecule has 0 aliphatic rings. The van der Waals surface area contributed by atoms with Gasteiger partial charge < -0.3 is 14.9 Å². The first kappa shape index (κ1) is 33.8. The van der Waals surface area contributed by atoms with Crippen molar-refractivity contribution in [3.8, 4) is 0 Å². The van der Waals surface area contributed by atoms with E-state index in [0.29, 0.717) is 0 Å². The first-order valence-electron chi connectivity index (χ1n) is 8.87. The fourth-order valence-corrected chi connectivity index (χ4v) is 3.29. The van der Waals surface area contributed by atoms with Gasteiger partial charge in [0.25, 0.3) is 0 Å². The van der Waals surface area contributed by atoms with Crippen molar-refractivity contribution >= 4 is 54.0 Å². The van der Waals surface area contributed by atoms with Gasteiger partial charge in [-0.05, 0) is 27.7 Å². The summed E-state index contributed by atoms with van der Waals surface area (Å²) in [7, 11) is 2.97. The van der Waals surface area contributed by atoms with E-state index in [2.05, 4.69) is 97.7 Å². The standard InChI is InChI=1S/2C12H13.2CH3.2ClH.Si.Ti/c2*1-8-4-11-6-9(2)10(3)7-12(11)5-8;;;;;;/h2*4-7H,1-3H3;2*1H3;2*1H;;/q4*-1;;;;. The second-order valence-corrected chi connectivity index (χ2v) is 7.20. The Morgan fingerprint density at radius 3 is 1.10 bits per heavy atom. The third kappa shape index (κ3) is 8.36. The summed E-state index contributed by atoms with van der Waals surface area (Å²) in [6.45, 7) is 12.9. The van der Waals surface area contributed by atoms with Crippen LogP contribution in [0, 0.1) is 56.4 Å². The van der Waals surface area contributed by atoms with Gasteiger partial charge in [0.1, 0.15) is 0 Å². The summed E-state index contributed by atoms with van der Waals surface area (Å²) in [6, 6.07) is 18.0. The second-order valence-electron chi connectivity index (χ2n) is 7.20. The van der Waals surface area contributed by atoms with Crippen molar-refractivity contribution < 1.29 is 19.2 Å². The molecule has 0 saturated carbocycles. The summed E-state index contributed by atoms with van der Waals surface area (Å²) in [5.74, 6) is 0. The number of aryl methyl sites for hydroxylation is 6. The predicted octanol–water partition coefficient (Wildman–Crippen LogP) is 8.33. The number of hydrogen-bond donors (Lipinski definition) is 0. The van der Waals surface area contributed by atoms with Crippen LogP contribution in [0.5, 0.6) is 0 Å². The average Bonchev–Trinajstić information content (AvgIpc) is 3.11. The molecule has 0 saturated heterocycles. The van der Waals surface area contributed by atoms with Gasteiger partial charge in [-0.25, -0.2) is 0 Å². The van der Waals surface area contributed by atoms with Crippen LogP contribution in [-0.2, 0) is 19.2 Å². The monoisotopic (exact) mass is 492 g/mol. The minimum atomic E-state index is 0. The van der Waals surface area contributed by atoms with Crippen molar-refractivity contribution in [2.45, 2.75) is 41.5 Å². The van der Waals surface area contributed by atoms with E-state index in [1.807, 2.05) is 0 Å². The van der Waals surface area contributed by atoms with Crippen molar-refractivity contribution in [3.05, 3.63) is 96.8 Å². The maximum atomic E-state index is 2.97. The summed E-state index contributed by atoms with van der Waals surface area (Å²) >= 11 is 1.81. The quantitative estimate of drug-likeness (QED) is 0.171. The molecule has 0 fully saturated rings. The Hall–Kier alpha value is -0.829. The number of halogens is 2. The Balaban J connectivity index is -0.000000400. The molecule has 2 radical (unpaired) electrons. The molecule has 0 aliphatic carbocycles. The summed E-state index contributed by atoms with van der Waals surface area (Å²) in [5, 5.41) is 5.48. The van der Waals surface area contributed by atoms with Gasteiger partial charge in [-0.3, -0.25) is 0 Å². The SMILES string of the molecule is Cc1cc2cc(C)c(C)cc2[cH-]1.Cc1cc2cc(C)c(C)cc2[cH-]1.Cl.Cl.[CH3-].[CH3-].[Si]=[Ti]. The number of fused-ring (bicyclic) bond motifs is 2. The molecule has 4 aromatic rings. The Labute approximate surface area is 210 Å². The van der Waals surface area contributed by atoms with Gasteiger partial charge in [-0.1, -0.05) is 36.1 Å². The fourth-order valence-electron chi connectivity index (χ4n) is 3.29. The Morgan fingerprint density at radius 2 is 0.800 bits per heavy atom. The van der Waals surface area contributed by atoms with Crippen molar-refractivity contribution in [3.63, 3.8) is 0 Å². The van der Waals surface area contributed by atoms with Gasteiger partial charge in [-0.2, -0.15) is 12.1 Å². The summed E-state index contributed by atoms with van der Waals surface area (Å²) in [5.41, 5.74) is 8.24. The molecule has 0 bridgehead atoms. The van der Waals surface area contributed by atoms with Crippen LogP contribution < -0.4 is 0 Å². The molecule has 4 aromatic carbocycles. The van der Waals surface area contributed by atoms with E-state index in [4.69, 9.17) is 0 Å². The number of benzene rings is 2. The zero-order valence-electron chi connectivity index (χ0n) is 19.4. The van der Waals surface area contributed by atoms with E-state index in [9.17, 15) is 0 Å². The number of rotatable bonds is 0. The van der Waals surface area contributed by atoms with Crippen LogP contribution >= 0.6 is 24.8 Å². The van der Waals surface area contributed by atoms with E-state index < -0.39 is 0 Å². The van der Waals surface area contributed by atoms with Crippen molar-refractivity contribution in [1.29, 1.82) is 0 Å².